The molecule has 1 amide bonds. The van der Waals surface area contributed by atoms with Crippen molar-refractivity contribution in [2.24, 2.45) is 0 Å². The van der Waals surface area contributed by atoms with E-state index in [9.17, 15) is 18.0 Å². The Morgan fingerprint density at radius 1 is 1.16 bits per heavy atom. The lowest BCUT2D eigenvalue weighted by molar-refractivity contribution is 0.0629. The van der Waals surface area contributed by atoms with Gasteiger partial charge >= 0.3 is 0 Å². The first-order chi connectivity index (χ1) is 11.5. The van der Waals surface area contributed by atoms with Crippen LogP contribution in [0.4, 0.5) is 13.2 Å². The smallest absolute Gasteiger partial charge is 0.257 e. The molecule has 1 aliphatic rings. The van der Waals surface area contributed by atoms with Gasteiger partial charge < -0.3 is 10.2 Å². The molecular formula is C18H18ClF3N2O. The van der Waals surface area contributed by atoms with Crippen molar-refractivity contribution >= 4 is 18.3 Å². The maximum Gasteiger partial charge on any atom is 0.257 e. The summed E-state index contributed by atoms with van der Waals surface area (Å²) in [5.41, 5.74) is 0.671. The fraction of sp³-hybridized carbons (Fsp3) is 0.278. The molecule has 3 rings (SSSR count). The number of amides is 1. The van der Waals surface area contributed by atoms with Gasteiger partial charge in [-0.3, -0.25) is 4.79 Å². The minimum absolute atomic E-state index is 0. The van der Waals surface area contributed by atoms with Crippen LogP contribution in [0.25, 0.3) is 0 Å². The van der Waals surface area contributed by atoms with Crippen LogP contribution in [-0.2, 0) is 0 Å². The zero-order chi connectivity index (χ0) is 17.3. The van der Waals surface area contributed by atoms with Crippen LogP contribution >= 0.6 is 12.4 Å². The highest BCUT2D eigenvalue weighted by atomic mass is 35.5. The lowest BCUT2D eigenvalue weighted by atomic mass is 10.0. The number of benzene rings is 2. The molecule has 3 nitrogen and oxygen atoms in total. The van der Waals surface area contributed by atoms with E-state index < -0.39 is 29.4 Å². The topological polar surface area (TPSA) is 32.3 Å². The van der Waals surface area contributed by atoms with E-state index >= 15 is 0 Å². The number of piperazine rings is 1. The van der Waals surface area contributed by atoms with Crippen molar-refractivity contribution in [2.75, 3.05) is 19.6 Å². The molecule has 1 saturated heterocycles. The Kier molecular flexibility index (Phi) is 6.08. The summed E-state index contributed by atoms with van der Waals surface area (Å²) >= 11 is 0. The van der Waals surface area contributed by atoms with Crippen LogP contribution in [0, 0.1) is 24.4 Å². The van der Waals surface area contributed by atoms with Crippen LogP contribution in [0.3, 0.4) is 0 Å². The van der Waals surface area contributed by atoms with Gasteiger partial charge in [-0.1, -0.05) is 12.1 Å². The van der Waals surface area contributed by atoms with Gasteiger partial charge in [-0.05, 0) is 36.2 Å². The van der Waals surface area contributed by atoms with Crippen LogP contribution < -0.4 is 5.32 Å². The second kappa shape index (κ2) is 7.89. The lowest BCUT2D eigenvalue weighted by Crippen LogP contribution is -2.49. The monoisotopic (exact) mass is 370 g/mol. The average Bonchev–Trinajstić information content (AvgIpc) is 2.57. The first-order valence-corrected chi connectivity index (χ1v) is 7.70. The highest BCUT2D eigenvalue weighted by Crippen LogP contribution is 2.26. The zero-order valence-corrected chi connectivity index (χ0v) is 14.4. The van der Waals surface area contributed by atoms with E-state index in [1.807, 2.05) is 0 Å². The molecule has 25 heavy (non-hydrogen) atoms. The first kappa shape index (κ1) is 19.3. The normalized spacial score (nSPS) is 17.1. The molecule has 0 aromatic heterocycles. The Balaban J connectivity index is 0.00000225. The van der Waals surface area contributed by atoms with Gasteiger partial charge in [-0.25, -0.2) is 13.2 Å². The van der Waals surface area contributed by atoms with E-state index in [4.69, 9.17) is 0 Å². The second-order valence-corrected chi connectivity index (χ2v) is 5.85. The van der Waals surface area contributed by atoms with Crippen molar-refractivity contribution in [3.05, 3.63) is 70.5 Å². The molecule has 1 aliphatic heterocycles. The number of halogens is 4. The summed E-state index contributed by atoms with van der Waals surface area (Å²) < 4.78 is 41.0. The molecule has 1 fully saturated rings. The van der Waals surface area contributed by atoms with Crippen molar-refractivity contribution in [3.8, 4) is 0 Å². The Labute approximate surface area is 150 Å². The van der Waals surface area contributed by atoms with Gasteiger partial charge in [0.1, 0.15) is 17.5 Å². The minimum Gasteiger partial charge on any atom is -0.329 e. The van der Waals surface area contributed by atoms with E-state index in [0.29, 0.717) is 25.2 Å². The van der Waals surface area contributed by atoms with Gasteiger partial charge in [0.2, 0.25) is 0 Å². The maximum atomic E-state index is 14.1. The Morgan fingerprint density at radius 2 is 1.92 bits per heavy atom. The summed E-state index contributed by atoms with van der Waals surface area (Å²) in [4.78, 5) is 14.3. The molecule has 0 radical (unpaired) electrons. The number of rotatable bonds is 2. The van der Waals surface area contributed by atoms with Crippen molar-refractivity contribution in [2.45, 2.75) is 13.0 Å². The Morgan fingerprint density at radius 3 is 2.64 bits per heavy atom. The summed E-state index contributed by atoms with van der Waals surface area (Å²) in [6.45, 7) is 2.83. The van der Waals surface area contributed by atoms with E-state index in [-0.39, 0.29) is 23.5 Å². The molecule has 0 bridgehead atoms. The standard InChI is InChI=1S/C18H17F3N2O.ClH/c1-11-7-14(16(21)9-15(11)20)18(24)23-6-5-22-10-17(23)12-3-2-4-13(19)8-12;/h2-4,7-9,17,22H,5-6,10H2,1H3;1H. The summed E-state index contributed by atoms with van der Waals surface area (Å²) in [6.07, 6.45) is 0. The lowest BCUT2D eigenvalue weighted by Gasteiger charge is -2.36. The number of hydrogen-bond donors (Lipinski definition) is 1. The van der Waals surface area contributed by atoms with Gasteiger partial charge in [-0.15, -0.1) is 12.4 Å². The number of nitrogens with one attached hydrogen (secondary N) is 1. The highest BCUT2D eigenvalue weighted by Gasteiger charge is 2.30. The summed E-state index contributed by atoms with van der Waals surface area (Å²) in [7, 11) is 0. The number of carbonyl (C=O) groups is 1. The van der Waals surface area contributed by atoms with Crippen molar-refractivity contribution in [1.82, 2.24) is 10.2 Å². The fourth-order valence-electron chi connectivity index (χ4n) is 2.93. The molecule has 1 heterocycles. The van der Waals surface area contributed by atoms with Crippen LogP contribution in [0.2, 0.25) is 0 Å². The molecule has 134 valence electrons. The first-order valence-electron chi connectivity index (χ1n) is 7.70. The summed E-state index contributed by atoms with van der Waals surface area (Å²) in [6, 6.07) is 7.53. The predicted molar refractivity (Wildman–Crippen MR) is 91.4 cm³/mol. The third-order valence-corrected chi connectivity index (χ3v) is 4.22. The van der Waals surface area contributed by atoms with Gasteiger partial charge in [0.15, 0.2) is 0 Å². The van der Waals surface area contributed by atoms with Crippen LogP contribution in [0.15, 0.2) is 36.4 Å². The minimum atomic E-state index is -0.889. The van der Waals surface area contributed by atoms with Gasteiger partial charge in [0, 0.05) is 25.7 Å². The van der Waals surface area contributed by atoms with E-state index in [0.717, 1.165) is 6.07 Å². The third-order valence-electron chi connectivity index (χ3n) is 4.22. The highest BCUT2D eigenvalue weighted by molar-refractivity contribution is 5.95. The molecule has 1 unspecified atom stereocenters. The largest absolute Gasteiger partial charge is 0.329 e. The molecule has 0 saturated carbocycles. The van der Waals surface area contributed by atoms with Gasteiger partial charge in [-0.2, -0.15) is 0 Å². The molecule has 0 aliphatic carbocycles. The maximum absolute atomic E-state index is 14.1. The summed E-state index contributed by atoms with van der Waals surface area (Å²) in [5, 5.41) is 3.15. The quantitative estimate of drug-likeness (QED) is 0.875. The fourth-order valence-corrected chi connectivity index (χ4v) is 2.93. The molecule has 2 aromatic carbocycles. The molecule has 7 heteroatoms. The SMILES string of the molecule is Cc1cc(C(=O)N2CCNCC2c2cccc(F)c2)c(F)cc1F.Cl. The second-order valence-electron chi connectivity index (χ2n) is 5.85. The van der Waals surface area contributed by atoms with E-state index in [2.05, 4.69) is 5.32 Å². The van der Waals surface area contributed by atoms with Crippen LogP contribution in [0.1, 0.15) is 27.5 Å². The number of aryl methyl sites for hydroxylation is 1. The van der Waals surface area contributed by atoms with E-state index in [1.54, 1.807) is 12.1 Å². The third kappa shape index (κ3) is 3.96. The van der Waals surface area contributed by atoms with E-state index in [1.165, 1.54) is 30.0 Å². The molecule has 1 N–H and O–H groups in total. The summed E-state index contributed by atoms with van der Waals surface area (Å²) in [5.74, 6) is -2.49. The Bertz CT molecular complexity index is 785. The number of hydrogen-bond acceptors (Lipinski definition) is 2. The number of nitrogens with zero attached hydrogens (tertiary/aromatic N) is 1. The van der Waals surface area contributed by atoms with Crippen LogP contribution in [0.5, 0.6) is 0 Å². The average molecular weight is 371 g/mol. The number of carbonyl (C=O) groups excluding carboxylic acids is 1. The molecule has 0 spiro atoms. The van der Waals surface area contributed by atoms with Crippen molar-refractivity contribution in [1.29, 1.82) is 0 Å². The molecule has 1 atom stereocenters. The van der Waals surface area contributed by atoms with Crippen molar-refractivity contribution < 1.29 is 18.0 Å². The molecular weight excluding hydrogens is 353 g/mol. The predicted octanol–water partition coefficient (Wildman–Crippen LogP) is 3.62. The Hall–Kier alpha value is -2.05. The van der Waals surface area contributed by atoms with Gasteiger partial charge in [0.05, 0.1) is 11.6 Å². The van der Waals surface area contributed by atoms with Crippen LogP contribution in [-0.4, -0.2) is 30.4 Å². The molecule has 2 aromatic rings. The zero-order valence-electron chi connectivity index (χ0n) is 13.6. The van der Waals surface area contributed by atoms with Gasteiger partial charge in [0.25, 0.3) is 5.91 Å². The van der Waals surface area contributed by atoms with Crippen molar-refractivity contribution in [3.63, 3.8) is 0 Å².